The zero-order valence-corrected chi connectivity index (χ0v) is 15.0. The number of benzene rings is 3. The Labute approximate surface area is 161 Å². The van der Waals surface area contributed by atoms with Crippen molar-refractivity contribution in [2.24, 2.45) is 0 Å². The fourth-order valence-electron chi connectivity index (χ4n) is 2.75. The zero-order chi connectivity index (χ0) is 18.6. The first-order valence-electron chi connectivity index (χ1n) is 8.38. The smallest absolute Gasteiger partial charge is 0.248 e. The van der Waals surface area contributed by atoms with Gasteiger partial charge in [0.15, 0.2) is 5.76 Å². The van der Waals surface area contributed by atoms with Gasteiger partial charge < -0.3 is 9.84 Å². The number of anilines is 1. The second kappa shape index (κ2) is 7.48. The maximum Gasteiger partial charge on any atom is 0.248 e. The van der Waals surface area contributed by atoms with E-state index in [1.165, 1.54) is 6.08 Å². The highest BCUT2D eigenvalue weighted by atomic mass is 35.5. The topological polar surface area (TPSA) is 55.1 Å². The minimum absolute atomic E-state index is 0.220. The summed E-state index contributed by atoms with van der Waals surface area (Å²) in [5.41, 5.74) is 3.27. The van der Waals surface area contributed by atoms with Gasteiger partial charge in [-0.3, -0.25) is 4.79 Å². The van der Waals surface area contributed by atoms with Gasteiger partial charge >= 0.3 is 0 Å². The number of fused-ring (bicyclic) bond motifs is 1. The minimum Gasteiger partial charge on any atom is -0.355 e. The number of nitrogens with zero attached hydrogens (tertiary/aromatic N) is 1. The molecule has 1 heterocycles. The second-order valence-electron chi connectivity index (χ2n) is 5.98. The molecule has 3 aromatic carbocycles. The van der Waals surface area contributed by atoms with Gasteiger partial charge in [0, 0.05) is 27.7 Å². The molecule has 0 fully saturated rings. The Bertz CT molecular complexity index is 1120. The van der Waals surface area contributed by atoms with Crippen LogP contribution in [0.25, 0.3) is 28.3 Å². The van der Waals surface area contributed by atoms with E-state index in [9.17, 15) is 4.79 Å². The van der Waals surface area contributed by atoms with Gasteiger partial charge in [0.25, 0.3) is 0 Å². The quantitative estimate of drug-likeness (QED) is 0.459. The van der Waals surface area contributed by atoms with E-state index in [2.05, 4.69) is 10.5 Å². The Morgan fingerprint density at radius 2 is 1.78 bits per heavy atom. The summed E-state index contributed by atoms with van der Waals surface area (Å²) in [5, 5.41) is 8.48. The number of hydrogen-bond donors (Lipinski definition) is 1. The van der Waals surface area contributed by atoms with Crippen molar-refractivity contribution >= 4 is 40.2 Å². The lowest BCUT2D eigenvalue weighted by Crippen LogP contribution is -2.07. The molecule has 1 N–H and O–H groups in total. The third-order valence-electron chi connectivity index (χ3n) is 4.08. The Morgan fingerprint density at radius 1 is 1.00 bits per heavy atom. The molecular weight excluding hydrogens is 360 g/mol. The molecule has 5 heteroatoms. The first-order chi connectivity index (χ1) is 13.2. The Hall–Kier alpha value is -3.37. The third kappa shape index (κ3) is 3.91. The van der Waals surface area contributed by atoms with Gasteiger partial charge in [-0.25, -0.2) is 0 Å². The molecule has 0 unspecified atom stereocenters. The predicted molar refractivity (Wildman–Crippen MR) is 109 cm³/mol. The van der Waals surface area contributed by atoms with E-state index < -0.39 is 0 Å². The molecule has 27 heavy (non-hydrogen) atoms. The summed E-state index contributed by atoms with van der Waals surface area (Å²) < 4.78 is 5.51. The third-order valence-corrected chi connectivity index (χ3v) is 4.33. The van der Waals surface area contributed by atoms with Gasteiger partial charge in [-0.2, -0.15) is 0 Å². The lowest BCUT2D eigenvalue weighted by molar-refractivity contribution is -0.111. The van der Waals surface area contributed by atoms with E-state index >= 15 is 0 Å². The van der Waals surface area contributed by atoms with Crippen LogP contribution in [0.2, 0.25) is 5.02 Å². The number of rotatable bonds is 4. The van der Waals surface area contributed by atoms with E-state index in [0.29, 0.717) is 10.7 Å². The van der Waals surface area contributed by atoms with Crippen LogP contribution < -0.4 is 5.32 Å². The molecule has 4 rings (SSSR count). The summed E-state index contributed by atoms with van der Waals surface area (Å²) in [6, 6.07) is 22.6. The SMILES string of the molecule is O=C(/C=C/c1ccc2c(-c3ccccc3)onc2c1)Nc1ccc(Cl)cc1. The van der Waals surface area contributed by atoms with Crippen LogP contribution in [0.5, 0.6) is 0 Å². The zero-order valence-electron chi connectivity index (χ0n) is 14.2. The van der Waals surface area contributed by atoms with Crippen LogP contribution in [0.4, 0.5) is 5.69 Å². The normalized spacial score (nSPS) is 11.1. The standard InChI is InChI=1S/C22H15ClN2O2/c23-17-8-10-18(11-9-17)24-21(26)13-7-15-6-12-19-20(14-15)25-27-22(19)16-4-2-1-3-5-16/h1-14H,(H,24,26)/b13-7+. The fourth-order valence-corrected chi connectivity index (χ4v) is 2.88. The highest BCUT2D eigenvalue weighted by molar-refractivity contribution is 6.30. The molecule has 0 saturated carbocycles. The van der Waals surface area contributed by atoms with Gasteiger partial charge in [-0.05, 0) is 48.0 Å². The molecule has 0 spiro atoms. The monoisotopic (exact) mass is 374 g/mol. The van der Waals surface area contributed by atoms with Crippen LogP contribution in [0.1, 0.15) is 5.56 Å². The van der Waals surface area contributed by atoms with E-state index in [-0.39, 0.29) is 5.91 Å². The molecular formula is C22H15ClN2O2. The van der Waals surface area contributed by atoms with Crippen molar-refractivity contribution in [1.82, 2.24) is 5.16 Å². The lowest BCUT2D eigenvalue weighted by atomic mass is 10.1. The second-order valence-corrected chi connectivity index (χ2v) is 6.42. The van der Waals surface area contributed by atoms with E-state index in [0.717, 1.165) is 27.8 Å². The number of hydrogen-bond acceptors (Lipinski definition) is 3. The van der Waals surface area contributed by atoms with Crippen LogP contribution in [0.3, 0.4) is 0 Å². The average Bonchev–Trinajstić information content (AvgIpc) is 3.12. The molecule has 1 aromatic heterocycles. The average molecular weight is 375 g/mol. The van der Waals surface area contributed by atoms with Crippen LogP contribution >= 0.6 is 11.6 Å². The summed E-state index contributed by atoms with van der Waals surface area (Å²) in [6.45, 7) is 0. The fraction of sp³-hybridized carbons (Fsp3) is 0. The van der Waals surface area contributed by atoms with Crippen molar-refractivity contribution in [3.63, 3.8) is 0 Å². The van der Waals surface area contributed by atoms with Crippen molar-refractivity contribution in [2.45, 2.75) is 0 Å². The van der Waals surface area contributed by atoms with E-state index in [1.54, 1.807) is 30.3 Å². The molecule has 0 aliphatic carbocycles. The highest BCUT2D eigenvalue weighted by Gasteiger charge is 2.10. The van der Waals surface area contributed by atoms with Crippen LogP contribution in [-0.4, -0.2) is 11.1 Å². The molecule has 4 nitrogen and oxygen atoms in total. The predicted octanol–water partition coefficient (Wildman–Crippen LogP) is 5.80. The van der Waals surface area contributed by atoms with Crippen LogP contribution in [-0.2, 0) is 4.79 Å². The number of carbonyl (C=O) groups is 1. The Kier molecular flexibility index (Phi) is 4.73. The number of halogens is 1. The molecule has 0 atom stereocenters. The van der Waals surface area contributed by atoms with Crippen LogP contribution in [0.15, 0.2) is 83.4 Å². The molecule has 0 aliphatic heterocycles. The first-order valence-corrected chi connectivity index (χ1v) is 8.76. The van der Waals surface area contributed by atoms with Gasteiger partial charge in [0.2, 0.25) is 5.91 Å². The summed E-state index contributed by atoms with van der Waals surface area (Å²) in [4.78, 5) is 12.1. The van der Waals surface area contributed by atoms with Gasteiger partial charge in [-0.15, -0.1) is 0 Å². The van der Waals surface area contributed by atoms with E-state index in [4.69, 9.17) is 16.1 Å². The Balaban J connectivity index is 1.51. The van der Waals surface area contributed by atoms with Gasteiger partial charge in [0.05, 0.1) is 0 Å². The number of nitrogens with one attached hydrogen (secondary N) is 1. The number of carbonyl (C=O) groups excluding carboxylic acids is 1. The number of aromatic nitrogens is 1. The molecule has 0 aliphatic rings. The molecule has 0 bridgehead atoms. The molecule has 4 aromatic rings. The lowest BCUT2D eigenvalue weighted by Gasteiger charge is -2.01. The van der Waals surface area contributed by atoms with Crippen LogP contribution in [0, 0.1) is 0 Å². The molecule has 132 valence electrons. The summed E-state index contributed by atoms with van der Waals surface area (Å²) >= 11 is 5.84. The van der Waals surface area contributed by atoms with Crippen molar-refractivity contribution in [3.05, 3.63) is 89.5 Å². The summed E-state index contributed by atoms with van der Waals surface area (Å²) in [6.07, 6.45) is 3.22. The van der Waals surface area contributed by atoms with E-state index in [1.807, 2.05) is 48.5 Å². The maximum atomic E-state index is 12.1. The molecule has 0 radical (unpaired) electrons. The molecule has 1 amide bonds. The van der Waals surface area contributed by atoms with Crippen molar-refractivity contribution in [2.75, 3.05) is 5.32 Å². The maximum absolute atomic E-state index is 12.1. The summed E-state index contributed by atoms with van der Waals surface area (Å²) in [5.74, 6) is 0.518. The first kappa shape index (κ1) is 17.1. The Morgan fingerprint density at radius 3 is 2.56 bits per heavy atom. The van der Waals surface area contributed by atoms with Crippen molar-refractivity contribution in [3.8, 4) is 11.3 Å². The van der Waals surface area contributed by atoms with Crippen molar-refractivity contribution in [1.29, 1.82) is 0 Å². The molecule has 0 saturated heterocycles. The van der Waals surface area contributed by atoms with Gasteiger partial charge in [-0.1, -0.05) is 53.2 Å². The number of amides is 1. The van der Waals surface area contributed by atoms with Crippen molar-refractivity contribution < 1.29 is 9.32 Å². The largest absolute Gasteiger partial charge is 0.355 e. The highest BCUT2D eigenvalue weighted by Crippen LogP contribution is 2.29. The van der Waals surface area contributed by atoms with Gasteiger partial charge in [0.1, 0.15) is 5.52 Å². The summed E-state index contributed by atoms with van der Waals surface area (Å²) in [7, 11) is 0. The minimum atomic E-state index is -0.220.